The third-order valence-corrected chi connectivity index (χ3v) is 0.987. The normalized spacial score (nSPS) is 17.5. The van der Waals surface area contributed by atoms with Gasteiger partial charge in [-0.2, -0.15) is 0 Å². The fourth-order valence-electron chi connectivity index (χ4n) is 0.290. The summed E-state index contributed by atoms with van der Waals surface area (Å²) in [6.45, 7) is 0. The molecule has 0 aromatic carbocycles. The van der Waals surface area contributed by atoms with Crippen molar-refractivity contribution in [1.29, 1.82) is 0 Å². The van der Waals surface area contributed by atoms with Gasteiger partial charge in [0, 0.05) is 0 Å². The van der Waals surface area contributed by atoms with Gasteiger partial charge in [-0.3, -0.25) is 21.7 Å². The Kier molecular flexibility index (Phi) is 1.45. The van der Waals surface area contributed by atoms with Crippen LogP contribution >= 0.6 is 24.4 Å². The number of rotatable bonds is 0. The first-order valence-corrected chi connectivity index (χ1v) is 2.72. The summed E-state index contributed by atoms with van der Waals surface area (Å²) in [6, 6.07) is 0. The number of thiocarbonyl (C=S) groups is 2. The predicted octanol–water partition coefficient (Wildman–Crippen LogP) is -1.24. The van der Waals surface area contributed by atoms with Crippen molar-refractivity contribution in [3.63, 3.8) is 0 Å². The summed E-state index contributed by atoms with van der Waals surface area (Å²) in [6.07, 6.45) is 0. The van der Waals surface area contributed by atoms with Crippen LogP contribution in [0.2, 0.25) is 0 Å². The third kappa shape index (κ3) is 1.17. The van der Waals surface area contributed by atoms with Gasteiger partial charge in [0.1, 0.15) is 0 Å². The van der Waals surface area contributed by atoms with Crippen molar-refractivity contribution >= 4 is 34.7 Å². The summed E-state index contributed by atoms with van der Waals surface area (Å²) in [5.41, 5.74) is 10.4. The molecule has 0 bridgehead atoms. The highest BCUT2D eigenvalue weighted by atomic mass is 32.1. The van der Waals surface area contributed by atoms with Gasteiger partial charge in [0.05, 0.1) is 0 Å². The lowest BCUT2D eigenvalue weighted by Crippen LogP contribution is -2.62. The van der Waals surface area contributed by atoms with Crippen LogP contribution in [0.1, 0.15) is 0 Å². The first-order chi connectivity index (χ1) is 3.79. The van der Waals surface area contributed by atoms with E-state index >= 15 is 0 Å². The predicted molar refractivity (Wildman–Crippen MR) is 37.7 cm³/mol. The molecule has 0 amide bonds. The molecule has 1 fully saturated rings. The van der Waals surface area contributed by atoms with Crippen molar-refractivity contribution in [3.8, 4) is 0 Å². The van der Waals surface area contributed by atoms with E-state index < -0.39 is 0 Å². The van der Waals surface area contributed by atoms with Crippen LogP contribution in [-0.4, -0.2) is 10.2 Å². The molecule has 1 aliphatic heterocycles. The lowest BCUT2D eigenvalue weighted by atomic mass is 11.0. The van der Waals surface area contributed by atoms with Crippen LogP contribution < -0.4 is 21.7 Å². The SMILES string of the molecule is S=C1NNC(=S)NN1. The van der Waals surface area contributed by atoms with Gasteiger partial charge in [-0.25, -0.2) is 0 Å². The zero-order valence-electron chi connectivity index (χ0n) is 3.82. The first kappa shape index (κ1) is 5.52. The van der Waals surface area contributed by atoms with Crippen LogP contribution in [0.25, 0.3) is 0 Å². The molecule has 4 nitrogen and oxygen atoms in total. The average Bonchev–Trinajstić information content (AvgIpc) is 1.77. The van der Waals surface area contributed by atoms with E-state index in [-0.39, 0.29) is 0 Å². The van der Waals surface area contributed by atoms with E-state index in [2.05, 4.69) is 46.1 Å². The molecular formula is C2H4N4S2. The van der Waals surface area contributed by atoms with Gasteiger partial charge in [-0.15, -0.1) is 0 Å². The maximum atomic E-state index is 4.65. The Hall–Kier alpha value is -0.620. The molecule has 0 unspecified atom stereocenters. The number of hydrazine groups is 2. The minimum absolute atomic E-state index is 0.485. The average molecular weight is 148 g/mol. The van der Waals surface area contributed by atoms with E-state index in [4.69, 9.17) is 0 Å². The molecule has 6 heteroatoms. The minimum Gasteiger partial charge on any atom is -0.273 e. The Balaban J connectivity index is 2.40. The van der Waals surface area contributed by atoms with E-state index in [0.29, 0.717) is 10.2 Å². The summed E-state index contributed by atoms with van der Waals surface area (Å²) in [4.78, 5) is 0. The lowest BCUT2D eigenvalue weighted by molar-refractivity contribution is 0.701. The Labute approximate surface area is 57.0 Å². The molecule has 0 aliphatic carbocycles. The highest BCUT2D eigenvalue weighted by Crippen LogP contribution is 1.67. The molecule has 1 saturated heterocycles. The second-order valence-electron chi connectivity index (χ2n) is 1.16. The van der Waals surface area contributed by atoms with Crippen LogP contribution in [0, 0.1) is 0 Å². The molecule has 1 rings (SSSR count). The molecule has 4 N–H and O–H groups in total. The Morgan fingerprint density at radius 3 is 1.25 bits per heavy atom. The summed E-state index contributed by atoms with van der Waals surface area (Å²) < 4.78 is 0. The van der Waals surface area contributed by atoms with Gasteiger partial charge >= 0.3 is 0 Å². The van der Waals surface area contributed by atoms with Gasteiger partial charge in [0.25, 0.3) is 0 Å². The molecular weight excluding hydrogens is 144 g/mol. The smallest absolute Gasteiger partial charge is 0.204 e. The zero-order valence-corrected chi connectivity index (χ0v) is 5.45. The van der Waals surface area contributed by atoms with Crippen molar-refractivity contribution in [3.05, 3.63) is 0 Å². The van der Waals surface area contributed by atoms with E-state index in [1.54, 1.807) is 0 Å². The van der Waals surface area contributed by atoms with Crippen molar-refractivity contribution in [2.45, 2.75) is 0 Å². The standard InChI is InChI=1S/C2H4N4S2/c7-1-3-5-2(8)6-4-1/h(H2,3,4,7)(H2,5,6,8). The maximum Gasteiger partial charge on any atom is 0.204 e. The van der Waals surface area contributed by atoms with E-state index in [1.165, 1.54) is 0 Å². The lowest BCUT2D eigenvalue weighted by Gasteiger charge is -2.19. The Morgan fingerprint density at radius 1 is 0.750 bits per heavy atom. The largest absolute Gasteiger partial charge is 0.273 e. The summed E-state index contributed by atoms with van der Waals surface area (Å²) in [5, 5.41) is 0.970. The maximum absolute atomic E-state index is 4.65. The van der Waals surface area contributed by atoms with Gasteiger partial charge in [0.2, 0.25) is 10.2 Å². The second kappa shape index (κ2) is 2.10. The van der Waals surface area contributed by atoms with Gasteiger partial charge in [-0.1, -0.05) is 0 Å². The van der Waals surface area contributed by atoms with Crippen LogP contribution in [0.4, 0.5) is 0 Å². The molecule has 1 aliphatic rings. The van der Waals surface area contributed by atoms with Crippen LogP contribution in [0.15, 0.2) is 0 Å². The fourth-order valence-corrected chi connectivity index (χ4v) is 0.494. The number of hydrogen-bond donors (Lipinski definition) is 4. The number of nitrogens with one attached hydrogen (secondary N) is 4. The molecule has 0 saturated carbocycles. The van der Waals surface area contributed by atoms with E-state index in [9.17, 15) is 0 Å². The monoisotopic (exact) mass is 148 g/mol. The zero-order chi connectivity index (χ0) is 5.98. The quantitative estimate of drug-likeness (QED) is 0.322. The molecule has 0 aromatic rings. The minimum atomic E-state index is 0.485. The van der Waals surface area contributed by atoms with Crippen LogP contribution in [-0.2, 0) is 0 Å². The number of hydrogen-bond acceptors (Lipinski definition) is 2. The molecule has 0 spiro atoms. The topological polar surface area (TPSA) is 48.1 Å². The van der Waals surface area contributed by atoms with Crippen molar-refractivity contribution < 1.29 is 0 Å². The summed E-state index contributed by atoms with van der Waals surface area (Å²) in [5.74, 6) is 0. The molecule has 8 heavy (non-hydrogen) atoms. The van der Waals surface area contributed by atoms with Gasteiger partial charge in [-0.05, 0) is 24.4 Å². The van der Waals surface area contributed by atoms with Crippen molar-refractivity contribution in [2.24, 2.45) is 0 Å². The van der Waals surface area contributed by atoms with Gasteiger partial charge < -0.3 is 0 Å². The second-order valence-corrected chi connectivity index (χ2v) is 1.97. The first-order valence-electron chi connectivity index (χ1n) is 1.91. The van der Waals surface area contributed by atoms with Crippen molar-refractivity contribution in [2.75, 3.05) is 0 Å². The highest BCUT2D eigenvalue weighted by Gasteiger charge is 2.01. The molecule has 0 atom stereocenters. The van der Waals surface area contributed by atoms with Crippen molar-refractivity contribution in [1.82, 2.24) is 21.7 Å². The fraction of sp³-hybridized carbons (Fsp3) is 0. The summed E-state index contributed by atoms with van der Waals surface area (Å²) in [7, 11) is 0. The molecule has 0 aromatic heterocycles. The van der Waals surface area contributed by atoms with Crippen LogP contribution in [0.5, 0.6) is 0 Å². The molecule has 0 radical (unpaired) electrons. The van der Waals surface area contributed by atoms with Gasteiger partial charge in [0.15, 0.2) is 0 Å². The van der Waals surface area contributed by atoms with E-state index in [0.717, 1.165) is 0 Å². The summed E-state index contributed by atoms with van der Waals surface area (Å²) >= 11 is 9.30. The highest BCUT2D eigenvalue weighted by molar-refractivity contribution is 7.80. The molecule has 1 heterocycles. The van der Waals surface area contributed by atoms with E-state index in [1.807, 2.05) is 0 Å². The Bertz CT molecular complexity index is 104. The van der Waals surface area contributed by atoms with Crippen LogP contribution in [0.3, 0.4) is 0 Å². The Morgan fingerprint density at radius 2 is 1.00 bits per heavy atom. The third-order valence-electron chi connectivity index (χ3n) is 0.579. The molecule has 44 valence electrons.